The van der Waals surface area contributed by atoms with E-state index in [4.69, 9.17) is 12.2 Å². The van der Waals surface area contributed by atoms with Crippen LogP contribution in [0, 0.1) is 0 Å². The maximum Gasteiger partial charge on any atom is 0.250 e. The van der Waals surface area contributed by atoms with Gasteiger partial charge in [0.2, 0.25) is 5.91 Å². The molecule has 3 rings (SSSR count). The van der Waals surface area contributed by atoms with Crippen molar-refractivity contribution in [2.75, 3.05) is 13.1 Å². The second-order valence-electron chi connectivity index (χ2n) is 5.74. The molecule has 0 saturated carbocycles. The summed E-state index contributed by atoms with van der Waals surface area (Å²) >= 11 is 5.32. The van der Waals surface area contributed by atoms with Gasteiger partial charge in [-0.05, 0) is 53.9 Å². The molecule has 118 valence electrons. The lowest BCUT2D eigenvalue weighted by atomic mass is 10.0. The van der Waals surface area contributed by atoms with Gasteiger partial charge in [0, 0.05) is 19.2 Å². The molecule has 0 aromatic heterocycles. The topological polar surface area (TPSA) is 32.3 Å². The van der Waals surface area contributed by atoms with Gasteiger partial charge in [-0.1, -0.05) is 42.5 Å². The Morgan fingerprint density at radius 2 is 1.78 bits per heavy atom. The number of likely N-dealkylation sites (tertiary alicyclic amines) is 1. The van der Waals surface area contributed by atoms with E-state index in [0.29, 0.717) is 5.11 Å². The molecule has 2 aromatic carbocycles. The number of carbonyl (C=O) groups is 1. The quantitative estimate of drug-likeness (QED) is 0.675. The third-order valence-corrected chi connectivity index (χ3v) is 4.47. The Bertz CT molecular complexity index is 743. The number of amides is 1. The monoisotopic (exact) mass is 324 g/mol. The molecule has 0 aliphatic carbocycles. The number of rotatable bonds is 2. The number of piperidine rings is 1. The van der Waals surface area contributed by atoms with E-state index >= 15 is 0 Å². The van der Waals surface area contributed by atoms with Crippen LogP contribution >= 0.6 is 12.2 Å². The van der Waals surface area contributed by atoms with E-state index in [1.807, 2.05) is 30.3 Å². The largest absolute Gasteiger partial charge is 0.349 e. The van der Waals surface area contributed by atoms with Gasteiger partial charge < -0.3 is 4.90 Å². The summed E-state index contributed by atoms with van der Waals surface area (Å²) in [5, 5.41) is 5.64. The highest BCUT2D eigenvalue weighted by Gasteiger charge is 2.14. The molecular weight excluding hydrogens is 304 g/mol. The zero-order valence-corrected chi connectivity index (χ0v) is 13.8. The lowest BCUT2D eigenvalue weighted by Crippen LogP contribution is -2.44. The summed E-state index contributed by atoms with van der Waals surface area (Å²) in [6.07, 6.45) is 6.92. The molecule has 0 unspecified atom stereocenters. The van der Waals surface area contributed by atoms with Crippen LogP contribution in [0.2, 0.25) is 0 Å². The van der Waals surface area contributed by atoms with E-state index in [9.17, 15) is 4.79 Å². The average Bonchev–Trinajstić information content (AvgIpc) is 2.60. The SMILES string of the molecule is O=C(/C=C/c1cccc2ccccc12)NC(=S)N1CCCCC1. The fourth-order valence-electron chi connectivity index (χ4n) is 2.88. The summed E-state index contributed by atoms with van der Waals surface area (Å²) in [6.45, 7) is 1.87. The number of hydrogen-bond acceptors (Lipinski definition) is 2. The molecule has 1 aliphatic heterocycles. The van der Waals surface area contributed by atoms with Crippen LogP contribution in [0.4, 0.5) is 0 Å². The van der Waals surface area contributed by atoms with Gasteiger partial charge in [-0.2, -0.15) is 0 Å². The van der Waals surface area contributed by atoms with Crippen LogP contribution in [0.3, 0.4) is 0 Å². The van der Waals surface area contributed by atoms with Crippen molar-refractivity contribution in [1.29, 1.82) is 0 Å². The van der Waals surface area contributed by atoms with Gasteiger partial charge in [-0.3, -0.25) is 10.1 Å². The van der Waals surface area contributed by atoms with Crippen molar-refractivity contribution in [2.45, 2.75) is 19.3 Å². The molecule has 2 aromatic rings. The standard InChI is InChI=1S/C19H20N2OS/c22-18(20-19(23)21-13-4-1-5-14-21)12-11-16-9-6-8-15-7-2-3-10-17(15)16/h2-3,6-12H,1,4-5,13-14H2,(H,20,22,23)/b12-11+. The first-order valence-electron chi connectivity index (χ1n) is 8.00. The Kier molecular flexibility index (Phi) is 5.03. The van der Waals surface area contributed by atoms with Crippen LogP contribution in [0.15, 0.2) is 48.5 Å². The minimum absolute atomic E-state index is 0.173. The first-order valence-corrected chi connectivity index (χ1v) is 8.40. The maximum atomic E-state index is 12.1. The van der Waals surface area contributed by atoms with Gasteiger partial charge in [0.15, 0.2) is 5.11 Å². The molecule has 0 spiro atoms. The summed E-state index contributed by atoms with van der Waals surface area (Å²) in [4.78, 5) is 14.2. The minimum Gasteiger partial charge on any atom is -0.349 e. The zero-order chi connectivity index (χ0) is 16.1. The van der Waals surface area contributed by atoms with Gasteiger partial charge in [-0.15, -0.1) is 0 Å². The normalized spacial score (nSPS) is 15.0. The van der Waals surface area contributed by atoms with Crippen molar-refractivity contribution in [2.24, 2.45) is 0 Å². The molecule has 0 atom stereocenters. The summed E-state index contributed by atoms with van der Waals surface area (Å²) in [6, 6.07) is 14.2. The van der Waals surface area contributed by atoms with Gasteiger partial charge in [0.05, 0.1) is 0 Å². The first-order chi connectivity index (χ1) is 11.2. The number of fused-ring (bicyclic) bond motifs is 1. The van der Waals surface area contributed by atoms with Gasteiger partial charge in [0.25, 0.3) is 0 Å². The molecule has 1 amide bonds. The van der Waals surface area contributed by atoms with Gasteiger partial charge >= 0.3 is 0 Å². The predicted octanol–water partition coefficient (Wildman–Crippen LogP) is 3.74. The molecule has 1 saturated heterocycles. The number of carbonyl (C=O) groups excluding carboxylic acids is 1. The highest BCUT2D eigenvalue weighted by molar-refractivity contribution is 7.80. The molecule has 3 nitrogen and oxygen atoms in total. The second-order valence-corrected chi connectivity index (χ2v) is 6.13. The van der Waals surface area contributed by atoms with E-state index in [0.717, 1.165) is 36.9 Å². The lowest BCUT2D eigenvalue weighted by Gasteiger charge is -2.28. The Labute approximate surface area is 142 Å². The summed E-state index contributed by atoms with van der Waals surface area (Å²) in [7, 11) is 0. The molecule has 1 N–H and O–H groups in total. The highest BCUT2D eigenvalue weighted by atomic mass is 32.1. The molecular formula is C19H20N2OS. The zero-order valence-electron chi connectivity index (χ0n) is 13.0. The third kappa shape index (κ3) is 3.96. The van der Waals surface area contributed by atoms with Crippen molar-refractivity contribution in [1.82, 2.24) is 10.2 Å². The predicted molar refractivity (Wildman–Crippen MR) is 99.1 cm³/mol. The number of thiocarbonyl (C=S) groups is 1. The van der Waals surface area contributed by atoms with Gasteiger partial charge in [-0.25, -0.2) is 0 Å². The molecule has 1 aliphatic rings. The molecule has 0 bridgehead atoms. The van der Waals surface area contributed by atoms with Crippen molar-refractivity contribution in [3.63, 3.8) is 0 Å². The Morgan fingerprint density at radius 3 is 2.61 bits per heavy atom. The highest BCUT2D eigenvalue weighted by Crippen LogP contribution is 2.19. The molecule has 23 heavy (non-hydrogen) atoms. The van der Waals surface area contributed by atoms with Crippen molar-refractivity contribution in [3.8, 4) is 0 Å². The van der Waals surface area contributed by atoms with Crippen molar-refractivity contribution in [3.05, 3.63) is 54.1 Å². The van der Waals surface area contributed by atoms with E-state index in [-0.39, 0.29) is 5.91 Å². The Morgan fingerprint density at radius 1 is 1.04 bits per heavy atom. The average molecular weight is 324 g/mol. The molecule has 1 fully saturated rings. The van der Waals surface area contributed by atoms with Crippen LogP contribution in [-0.2, 0) is 4.79 Å². The summed E-state index contributed by atoms with van der Waals surface area (Å²) in [5.74, 6) is -0.173. The molecule has 1 heterocycles. The second kappa shape index (κ2) is 7.38. The molecule has 0 radical (unpaired) electrons. The fourth-order valence-corrected chi connectivity index (χ4v) is 3.17. The van der Waals surface area contributed by atoms with Crippen LogP contribution in [0.25, 0.3) is 16.8 Å². The van der Waals surface area contributed by atoms with Crippen molar-refractivity contribution >= 4 is 40.1 Å². The minimum atomic E-state index is -0.173. The van der Waals surface area contributed by atoms with E-state index in [2.05, 4.69) is 28.4 Å². The lowest BCUT2D eigenvalue weighted by molar-refractivity contribution is -0.115. The van der Waals surface area contributed by atoms with E-state index in [1.165, 1.54) is 11.8 Å². The Hall–Kier alpha value is -2.20. The van der Waals surface area contributed by atoms with E-state index in [1.54, 1.807) is 6.08 Å². The smallest absolute Gasteiger partial charge is 0.250 e. The van der Waals surface area contributed by atoms with Crippen LogP contribution in [0.1, 0.15) is 24.8 Å². The first kappa shape index (κ1) is 15.7. The number of hydrogen-bond donors (Lipinski definition) is 1. The Balaban J connectivity index is 1.67. The fraction of sp³-hybridized carbons (Fsp3) is 0.263. The van der Waals surface area contributed by atoms with Crippen LogP contribution in [-0.4, -0.2) is 29.0 Å². The van der Waals surface area contributed by atoms with Crippen LogP contribution < -0.4 is 5.32 Å². The summed E-state index contributed by atoms with van der Waals surface area (Å²) in [5.41, 5.74) is 1.03. The van der Waals surface area contributed by atoms with Crippen LogP contribution in [0.5, 0.6) is 0 Å². The summed E-state index contributed by atoms with van der Waals surface area (Å²) < 4.78 is 0. The number of nitrogens with one attached hydrogen (secondary N) is 1. The van der Waals surface area contributed by atoms with Crippen molar-refractivity contribution < 1.29 is 4.79 Å². The third-order valence-electron chi connectivity index (χ3n) is 4.11. The van der Waals surface area contributed by atoms with Gasteiger partial charge in [0.1, 0.15) is 0 Å². The maximum absolute atomic E-state index is 12.1. The molecule has 4 heteroatoms. The van der Waals surface area contributed by atoms with E-state index < -0.39 is 0 Å². The number of nitrogens with zero attached hydrogens (tertiary/aromatic N) is 1. The number of benzene rings is 2.